The first kappa shape index (κ1) is 19.4. The van der Waals surface area contributed by atoms with Gasteiger partial charge in [-0.1, -0.05) is 24.3 Å². The molecule has 6 rings (SSSR count). The number of aromatic nitrogens is 5. The number of hydrogen-bond donors (Lipinski definition) is 3. The third-order valence-electron chi connectivity index (χ3n) is 5.54. The maximum absolute atomic E-state index is 11.7. The second-order valence-electron chi connectivity index (χ2n) is 7.76. The molecule has 0 saturated heterocycles. The smallest absolute Gasteiger partial charge is 0.175 e. The van der Waals surface area contributed by atoms with Gasteiger partial charge in [0.2, 0.25) is 0 Å². The van der Waals surface area contributed by atoms with Gasteiger partial charge in [-0.2, -0.15) is 5.10 Å². The molecule has 2 aromatic carbocycles. The van der Waals surface area contributed by atoms with E-state index in [0.29, 0.717) is 11.5 Å². The Morgan fingerprint density at radius 1 is 0.970 bits per heavy atom. The minimum Gasteiger partial charge on any atom is -0.352 e. The van der Waals surface area contributed by atoms with E-state index >= 15 is 0 Å². The molecule has 0 saturated carbocycles. The Balaban J connectivity index is 1.38. The predicted molar refractivity (Wildman–Crippen MR) is 132 cm³/mol. The van der Waals surface area contributed by atoms with E-state index in [1.54, 1.807) is 24.5 Å². The van der Waals surface area contributed by atoms with Crippen molar-refractivity contribution >= 4 is 49.7 Å². The number of thiophene rings is 1. The van der Waals surface area contributed by atoms with Crippen molar-refractivity contribution in [2.75, 3.05) is 5.32 Å². The van der Waals surface area contributed by atoms with Crippen molar-refractivity contribution in [2.45, 2.75) is 6.92 Å². The maximum atomic E-state index is 11.7. The highest BCUT2D eigenvalue weighted by molar-refractivity contribution is 7.17. The molecule has 6 aromatic rings. The summed E-state index contributed by atoms with van der Waals surface area (Å²) in [7, 11) is 0. The zero-order valence-corrected chi connectivity index (χ0v) is 18.4. The predicted octanol–water partition coefficient (Wildman–Crippen LogP) is 6.18. The van der Waals surface area contributed by atoms with E-state index in [1.165, 1.54) is 0 Å². The van der Waals surface area contributed by atoms with Gasteiger partial charge in [0.25, 0.3) is 0 Å². The number of H-pyrrole nitrogens is 2. The number of hydrogen-bond acceptors (Lipinski definition) is 6. The summed E-state index contributed by atoms with van der Waals surface area (Å²) in [5.41, 5.74) is 6.31. The zero-order chi connectivity index (χ0) is 22.4. The summed E-state index contributed by atoms with van der Waals surface area (Å²) in [5, 5.41) is 13.3. The van der Waals surface area contributed by atoms with Crippen LogP contribution in [0.1, 0.15) is 17.4 Å². The Morgan fingerprint density at radius 3 is 2.61 bits per heavy atom. The van der Waals surface area contributed by atoms with Gasteiger partial charge in [0.05, 0.1) is 22.1 Å². The van der Waals surface area contributed by atoms with Gasteiger partial charge in [-0.15, -0.1) is 11.3 Å². The number of rotatable bonds is 5. The highest BCUT2D eigenvalue weighted by Crippen LogP contribution is 2.32. The van der Waals surface area contributed by atoms with Crippen molar-refractivity contribution in [3.8, 4) is 22.5 Å². The van der Waals surface area contributed by atoms with Crippen LogP contribution in [0.4, 0.5) is 11.5 Å². The normalized spacial score (nSPS) is 11.3. The summed E-state index contributed by atoms with van der Waals surface area (Å²) in [5.74, 6) is 1.39. The van der Waals surface area contributed by atoms with Crippen molar-refractivity contribution in [3.63, 3.8) is 0 Å². The van der Waals surface area contributed by atoms with Gasteiger partial charge >= 0.3 is 0 Å². The molecule has 0 fully saturated rings. The van der Waals surface area contributed by atoms with Gasteiger partial charge in [-0.05, 0) is 41.3 Å². The van der Waals surface area contributed by atoms with Gasteiger partial charge in [0.1, 0.15) is 0 Å². The van der Waals surface area contributed by atoms with Crippen molar-refractivity contribution in [1.29, 1.82) is 0 Å². The SMILES string of the molecule is CC(=O)c1cc2ccc(-c3nc(Nc4ccc(-c5cn[nH]c5)cc4)c4sccc4n3)cc2[nH]1. The molecule has 0 aliphatic carbocycles. The van der Waals surface area contributed by atoms with E-state index in [4.69, 9.17) is 9.97 Å². The molecule has 0 aliphatic rings. The van der Waals surface area contributed by atoms with Gasteiger partial charge < -0.3 is 10.3 Å². The summed E-state index contributed by atoms with van der Waals surface area (Å²) in [4.78, 5) is 24.5. The fourth-order valence-corrected chi connectivity index (χ4v) is 4.60. The van der Waals surface area contributed by atoms with Gasteiger partial charge in [0, 0.05) is 40.8 Å². The maximum Gasteiger partial charge on any atom is 0.175 e. The molecule has 3 N–H and O–H groups in total. The largest absolute Gasteiger partial charge is 0.352 e. The Bertz CT molecular complexity index is 1610. The number of anilines is 2. The number of Topliss-reactive ketones (excluding diaryl/α,β-unsaturated/α-hetero) is 1. The van der Waals surface area contributed by atoms with Crippen LogP contribution in [0.5, 0.6) is 0 Å². The van der Waals surface area contributed by atoms with E-state index in [0.717, 1.165) is 49.3 Å². The van der Waals surface area contributed by atoms with Gasteiger partial charge in [-0.3, -0.25) is 9.89 Å². The first-order valence-electron chi connectivity index (χ1n) is 10.4. The molecular weight excluding hydrogens is 432 g/mol. The number of nitrogens with zero attached hydrogens (tertiary/aromatic N) is 3. The molecule has 160 valence electrons. The summed E-state index contributed by atoms with van der Waals surface area (Å²) < 4.78 is 0.998. The molecule has 0 bridgehead atoms. The molecule has 8 heteroatoms. The third-order valence-corrected chi connectivity index (χ3v) is 6.45. The molecule has 4 aromatic heterocycles. The fraction of sp³-hybridized carbons (Fsp3) is 0.0400. The van der Waals surface area contributed by atoms with Crippen molar-refractivity contribution in [1.82, 2.24) is 25.1 Å². The minimum atomic E-state index is 0.00830. The molecule has 33 heavy (non-hydrogen) atoms. The Hall–Kier alpha value is -4.30. The average Bonchev–Trinajstić information content (AvgIpc) is 3.59. The lowest BCUT2D eigenvalue weighted by atomic mass is 10.1. The topological polar surface area (TPSA) is 99.3 Å². The van der Waals surface area contributed by atoms with E-state index in [2.05, 4.69) is 20.5 Å². The lowest BCUT2D eigenvalue weighted by Gasteiger charge is -2.10. The number of carbonyl (C=O) groups excluding carboxylic acids is 1. The van der Waals surface area contributed by atoms with Crippen LogP contribution >= 0.6 is 11.3 Å². The van der Waals surface area contributed by atoms with E-state index in [-0.39, 0.29) is 5.78 Å². The summed E-state index contributed by atoms with van der Waals surface area (Å²) in [6, 6.07) is 18.0. The molecule has 0 radical (unpaired) electrons. The van der Waals surface area contributed by atoms with Crippen LogP contribution in [0.2, 0.25) is 0 Å². The van der Waals surface area contributed by atoms with Crippen LogP contribution in [0.15, 0.2) is 72.4 Å². The number of carbonyl (C=O) groups is 1. The highest BCUT2D eigenvalue weighted by atomic mass is 32.1. The highest BCUT2D eigenvalue weighted by Gasteiger charge is 2.13. The van der Waals surface area contributed by atoms with Crippen molar-refractivity contribution in [2.24, 2.45) is 0 Å². The molecule has 0 spiro atoms. The Kier molecular flexibility index (Phi) is 4.51. The molecule has 0 unspecified atom stereocenters. The van der Waals surface area contributed by atoms with Crippen molar-refractivity contribution < 1.29 is 4.79 Å². The Morgan fingerprint density at radius 2 is 1.82 bits per heavy atom. The fourth-order valence-electron chi connectivity index (χ4n) is 3.82. The molecular formula is C25H18N6OS. The molecule has 0 amide bonds. The summed E-state index contributed by atoms with van der Waals surface area (Å²) in [6.45, 7) is 1.55. The Labute approximate surface area is 192 Å². The summed E-state index contributed by atoms with van der Waals surface area (Å²) in [6.07, 6.45) is 3.67. The summed E-state index contributed by atoms with van der Waals surface area (Å²) >= 11 is 1.60. The lowest BCUT2D eigenvalue weighted by molar-refractivity contribution is 0.101. The number of fused-ring (bicyclic) bond motifs is 2. The van der Waals surface area contributed by atoms with Crippen LogP contribution in [0.25, 0.3) is 43.6 Å². The second kappa shape index (κ2) is 7.68. The average molecular weight is 451 g/mol. The first-order valence-corrected chi connectivity index (χ1v) is 11.3. The lowest BCUT2D eigenvalue weighted by Crippen LogP contribution is -1.98. The molecule has 0 aliphatic heterocycles. The van der Waals surface area contributed by atoms with Crippen molar-refractivity contribution in [3.05, 3.63) is 78.1 Å². The van der Waals surface area contributed by atoms with Crippen LogP contribution in [0.3, 0.4) is 0 Å². The number of benzene rings is 2. The van der Waals surface area contributed by atoms with E-state index < -0.39 is 0 Å². The molecule has 0 atom stereocenters. The first-order chi connectivity index (χ1) is 16.1. The quantitative estimate of drug-likeness (QED) is 0.273. The van der Waals surface area contributed by atoms with Crippen LogP contribution in [-0.2, 0) is 0 Å². The van der Waals surface area contributed by atoms with Crippen LogP contribution < -0.4 is 5.32 Å². The minimum absolute atomic E-state index is 0.00830. The zero-order valence-electron chi connectivity index (χ0n) is 17.6. The van der Waals surface area contributed by atoms with Gasteiger partial charge in [-0.25, -0.2) is 9.97 Å². The molecule has 7 nitrogen and oxygen atoms in total. The van der Waals surface area contributed by atoms with E-state index in [9.17, 15) is 4.79 Å². The van der Waals surface area contributed by atoms with Gasteiger partial charge in [0.15, 0.2) is 17.4 Å². The second-order valence-corrected chi connectivity index (χ2v) is 8.68. The third kappa shape index (κ3) is 3.56. The van der Waals surface area contributed by atoms with Crippen LogP contribution in [0, 0.1) is 0 Å². The monoisotopic (exact) mass is 450 g/mol. The number of aromatic amines is 2. The molecule has 4 heterocycles. The number of nitrogens with one attached hydrogen (secondary N) is 3. The standard InChI is InChI=1S/C25H18N6OS/c1-14(32)21-10-16-2-3-17(11-22(16)29-21)24-30-20-8-9-33-23(20)25(31-24)28-19-6-4-15(5-7-19)18-12-26-27-13-18/h2-13,29H,1H3,(H,26,27)(H,28,30,31). The van der Waals surface area contributed by atoms with E-state index in [1.807, 2.05) is 66.2 Å². The van der Waals surface area contributed by atoms with Crippen LogP contribution in [-0.4, -0.2) is 30.9 Å². The number of ketones is 1.